The predicted octanol–water partition coefficient (Wildman–Crippen LogP) is 2.22. The molecule has 0 aliphatic heterocycles. The summed E-state index contributed by atoms with van der Waals surface area (Å²) in [6.07, 6.45) is 5.87. The molecule has 2 atom stereocenters. The average molecular weight is 197 g/mol. The zero-order valence-electron chi connectivity index (χ0n) is 8.31. The molecule has 2 heteroatoms. The molecule has 0 heterocycles. The summed E-state index contributed by atoms with van der Waals surface area (Å²) >= 11 is 0. The molecule has 0 spiro atoms. The van der Waals surface area contributed by atoms with Gasteiger partial charge in [0.25, 0.3) is 6.04 Å². The molecule has 0 fully saturated rings. The van der Waals surface area contributed by atoms with E-state index in [4.69, 9.17) is 17.7 Å². The first-order chi connectivity index (χ1) is 7.36. The molecule has 0 bridgehead atoms. The molecule has 0 aromatic heterocycles. The Balaban J connectivity index is 2.23. The number of fused-ring (bicyclic) bond motifs is 1. The van der Waals surface area contributed by atoms with Gasteiger partial charge in [-0.1, -0.05) is 30.2 Å². The van der Waals surface area contributed by atoms with Crippen LogP contribution in [0.3, 0.4) is 0 Å². The van der Waals surface area contributed by atoms with Crippen LogP contribution in [0.25, 0.3) is 4.85 Å². The van der Waals surface area contributed by atoms with Crippen molar-refractivity contribution in [1.82, 2.24) is 0 Å². The number of nitrogens with zero attached hydrogens (tertiary/aromatic N) is 1. The monoisotopic (exact) mass is 197 g/mol. The van der Waals surface area contributed by atoms with Crippen LogP contribution in [-0.2, 0) is 11.2 Å². The molecule has 0 amide bonds. The van der Waals surface area contributed by atoms with Crippen LogP contribution in [0.4, 0.5) is 0 Å². The van der Waals surface area contributed by atoms with E-state index >= 15 is 0 Å². The van der Waals surface area contributed by atoms with Crippen molar-refractivity contribution in [2.24, 2.45) is 0 Å². The van der Waals surface area contributed by atoms with Gasteiger partial charge in [0.05, 0.1) is 0 Å². The number of ether oxygens (including phenoxy) is 1. The van der Waals surface area contributed by atoms with Crippen molar-refractivity contribution >= 4 is 0 Å². The van der Waals surface area contributed by atoms with Crippen LogP contribution in [0.15, 0.2) is 24.3 Å². The largest absolute Gasteiger partial charge is 0.357 e. The van der Waals surface area contributed by atoms with E-state index in [0.29, 0.717) is 0 Å². The molecule has 74 valence electrons. The fourth-order valence-corrected chi connectivity index (χ4v) is 2.00. The maximum absolute atomic E-state index is 7.19. The first-order valence-corrected chi connectivity index (χ1v) is 4.86. The SMILES string of the molecule is [C-]#[N+][C@@H]1c2ccccc2C[C@H]1OCC#C. The minimum Gasteiger partial charge on any atom is -0.357 e. The summed E-state index contributed by atoms with van der Waals surface area (Å²) in [4.78, 5) is 3.62. The average Bonchev–Trinajstić information content (AvgIpc) is 2.63. The van der Waals surface area contributed by atoms with E-state index in [2.05, 4.69) is 10.8 Å². The third kappa shape index (κ3) is 1.73. The summed E-state index contributed by atoms with van der Waals surface area (Å²) in [7, 11) is 0. The fourth-order valence-electron chi connectivity index (χ4n) is 2.00. The number of benzene rings is 1. The second-order valence-electron chi connectivity index (χ2n) is 3.53. The predicted molar refractivity (Wildman–Crippen MR) is 58.1 cm³/mol. The molecule has 0 saturated carbocycles. The summed E-state index contributed by atoms with van der Waals surface area (Å²) in [5.41, 5.74) is 2.30. The summed E-state index contributed by atoms with van der Waals surface area (Å²) < 4.78 is 5.49. The molecule has 1 aromatic carbocycles. The Kier molecular flexibility index (Phi) is 2.72. The summed E-state index contributed by atoms with van der Waals surface area (Å²) in [5, 5.41) is 0. The lowest BCUT2D eigenvalue weighted by Crippen LogP contribution is -2.16. The van der Waals surface area contributed by atoms with Gasteiger partial charge in [0.15, 0.2) is 0 Å². The van der Waals surface area contributed by atoms with Gasteiger partial charge in [-0.15, -0.1) is 6.42 Å². The maximum Gasteiger partial charge on any atom is 0.275 e. The Morgan fingerprint density at radius 3 is 3.07 bits per heavy atom. The number of hydrogen-bond donors (Lipinski definition) is 0. The lowest BCUT2D eigenvalue weighted by molar-refractivity contribution is 0.0756. The van der Waals surface area contributed by atoms with Crippen LogP contribution >= 0.6 is 0 Å². The molecule has 1 aliphatic carbocycles. The quantitative estimate of drug-likeness (QED) is 0.523. The maximum atomic E-state index is 7.19. The molecular weight excluding hydrogens is 186 g/mol. The van der Waals surface area contributed by atoms with Crippen molar-refractivity contribution in [1.29, 1.82) is 0 Å². The Labute approximate surface area is 89.7 Å². The van der Waals surface area contributed by atoms with E-state index in [9.17, 15) is 0 Å². The van der Waals surface area contributed by atoms with Crippen LogP contribution in [0.1, 0.15) is 17.2 Å². The standard InChI is InChI=1S/C13H11NO/c1-3-8-15-12-9-10-6-4-5-7-11(10)13(12)14-2/h1,4-7,12-13H,8-9H2/t12-,13-/m1/s1. The molecule has 2 rings (SSSR count). The Morgan fingerprint density at radius 1 is 1.53 bits per heavy atom. The number of hydrogen-bond acceptors (Lipinski definition) is 1. The molecule has 15 heavy (non-hydrogen) atoms. The van der Waals surface area contributed by atoms with Crippen molar-refractivity contribution in [2.45, 2.75) is 18.6 Å². The number of terminal acetylenes is 1. The smallest absolute Gasteiger partial charge is 0.275 e. The zero-order chi connectivity index (χ0) is 10.7. The first-order valence-electron chi connectivity index (χ1n) is 4.86. The summed E-state index contributed by atoms with van der Waals surface area (Å²) in [5.74, 6) is 2.44. The van der Waals surface area contributed by atoms with Gasteiger partial charge in [-0.25, -0.2) is 6.57 Å². The van der Waals surface area contributed by atoms with E-state index in [-0.39, 0.29) is 18.8 Å². The van der Waals surface area contributed by atoms with E-state index in [1.165, 1.54) is 5.56 Å². The lowest BCUT2D eigenvalue weighted by atomic mass is 10.1. The van der Waals surface area contributed by atoms with Gasteiger partial charge >= 0.3 is 0 Å². The molecular formula is C13H11NO. The molecule has 1 aliphatic rings. The molecule has 0 radical (unpaired) electrons. The van der Waals surface area contributed by atoms with Crippen molar-refractivity contribution in [3.05, 3.63) is 46.8 Å². The van der Waals surface area contributed by atoms with Crippen molar-refractivity contribution in [2.75, 3.05) is 6.61 Å². The highest BCUT2D eigenvalue weighted by Crippen LogP contribution is 2.35. The van der Waals surface area contributed by atoms with Crippen molar-refractivity contribution in [3.63, 3.8) is 0 Å². The Hall–Kier alpha value is -1.77. The third-order valence-electron chi connectivity index (χ3n) is 2.67. The Bertz CT molecular complexity index is 439. The summed E-state index contributed by atoms with van der Waals surface area (Å²) in [6.45, 7) is 7.47. The topological polar surface area (TPSA) is 13.6 Å². The lowest BCUT2D eigenvalue weighted by Gasteiger charge is -2.09. The highest BCUT2D eigenvalue weighted by atomic mass is 16.5. The van der Waals surface area contributed by atoms with Crippen LogP contribution in [0, 0.1) is 18.9 Å². The van der Waals surface area contributed by atoms with Gasteiger partial charge in [-0.2, -0.15) is 0 Å². The van der Waals surface area contributed by atoms with Gasteiger partial charge in [-0.05, 0) is 5.56 Å². The molecule has 2 nitrogen and oxygen atoms in total. The second kappa shape index (κ2) is 4.17. The molecule has 0 N–H and O–H groups in total. The molecule has 1 aromatic rings. The van der Waals surface area contributed by atoms with Gasteiger partial charge in [0.1, 0.15) is 12.7 Å². The first kappa shape index (κ1) is 9.77. The molecule has 0 unspecified atom stereocenters. The second-order valence-corrected chi connectivity index (χ2v) is 3.53. The third-order valence-corrected chi connectivity index (χ3v) is 2.67. The number of rotatable bonds is 2. The van der Waals surface area contributed by atoms with Crippen LogP contribution in [0.5, 0.6) is 0 Å². The van der Waals surface area contributed by atoms with Crippen LogP contribution in [0.2, 0.25) is 0 Å². The van der Waals surface area contributed by atoms with Crippen molar-refractivity contribution < 1.29 is 4.74 Å². The van der Waals surface area contributed by atoms with Gasteiger partial charge in [0.2, 0.25) is 0 Å². The van der Waals surface area contributed by atoms with E-state index in [1.807, 2.05) is 24.3 Å². The van der Waals surface area contributed by atoms with Crippen LogP contribution in [-0.4, -0.2) is 12.7 Å². The van der Waals surface area contributed by atoms with Gasteiger partial charge in [-0.3, -0.25) is 0 Å². The van der Waals surface area contributed by atoms with E-state index in [0.717, 1.165) is 12.0 Å². The molecule has 0 saturated heterocycles. The highest BCUT2D eigenvalue weighted by Gasteiger charge is 2.37. The minimum absolute atomic E-state index is 0.0732. The fraction of sp³-hybridized carbons (Fsp3) is 0.308. The van der Waals surface area contributed by atoms with Gasteiger partial charge < -0.3 is 9.58 Å². The summed E-state index contributed by atoms with van der Waals surface area (Å²) in [6, 6.07) is 7.81. The minimum atomic E-state index is -0.186. The Morgan fingerprint density at radius 2 is 2.33 bits per heavy atom. The van der Waals surface area contributed by atoms with Crippen molar-refractivity contribution in [3.8, 4) is 12.3 Å². The normalized spacial score (nSPS) is 22.8. The zero-order valence-corrected chi connectivity index (χ0v) is 8.31. The highest BCUT2D eigenvalue weighted by molar-refractivity contribution is 5.38. The van der Waals surface area contributed by atoms with Crippen LogP contribution < -0.4 is 0 Å². The van der Waals surface area contributed by atoms with E-state index < -0.39 is 0 Å². The van der Waals surface area contributed by atoms with Gasteiger partial charge in [0, 0.05) is 12.0 Å². The van der Waals surface area contributed by atoms with E-state index in [1.54, 1.807) is 0 Å².